The van der Waals surface area contributed by atoms with Gasteiger partial charge >= 0.3 is 0 Å². The highest BCUT2D eigenvalue weighted by atomic mass is 79.9. The molecule has 2 aromatic rings. The zero-order valence-corrected chi connectivity index (χ0v) is 13.2. The van der Waals surface area contributed by atoms with Crippen LogP contribution in [0.3, 0.4) is 0 Å². The molecule has 21 heavy (non-hydrogen) atoms. The van der Waals surface area contributed by atoms with Gasteiger partial charge in [-0.25, -0.2) is 4.98 Å². The number of ether oxygens (including phenoxy) is 1. The Morgan fingerprint density at radius 2 is 2.14 bits per heavy atom. The fourth-order valence-corrected chi connectivity index (χ4v) is 2.84. The summed E-state index contributed by atoms with van der Waals surface area (Å²) in [6.07, 6.45) is 2.92. The molecule has 4 nitrogen and oxygen atoms in total. The number of hydrogen-bond acceptors (Lipinski definition) is 3. The number of rotatable bonds is 3. The molecule has 0 spiro atoms. The van der Waals surface area contributed by atoms with E-state index in [1.165, 1.54) is 0 Å². The third kappa shape index (κ3) is 2.78. The Kier molecular flexibility index (Phi) is 3.68. The summed E-state index contributed by atoms with van der Waals surface area (Å²) in [5.74, 6) is 0.446. The minimum atomic E-state index is -0.514. The minimum absolute atomic E-state index is 0.296. The van der Waals surface area contributed by atoms with Gasteiger partial charge in [0, 0.05) is 10.2 Å². The molecule has 0 radical (unpaired) electrons. The molecule has 1 aliphatic carbocycles. The highest BCUT2D eigenvalue weighted by molar-refractivity contribution is 9.10. The summed E-state index contributed by atoms with van der Waals surface area (Å²) < 4.78 is 6.77. The maximum absolute atomic E-state index is 11.7. The molecule has 0 atom stereocenters. The number of nitrogens with zero attached hydrogens (tertiary/aromatic N) is 1. The van der Waals surface area contributed by atoms with Gasteiger partial charge in [-0.05, 0) is 55.5 Å². The van der Waals surface area contributed by atoms with Crippen LogP contribution in [0.1, 0.15) is 33.6 Å². The van der Waals surface area contributed by atoms with Crippen molar-refractivity contribution in [1.82, 2.24) is 4.98 Å². The third-order valence-corrected chi connectivity index (χ3v) is 4.13. The van der Waals surface area contributed by atoms with Gasteiger partial charge in [0.25, 0.3) is 5.91 Å². The Morgan fingerprint density at radius 1 is 1.33 bits per heavy atom. The molecule has 1 aromatic heterocycles. The first-order chi connectivity index (χ1) is 10.0. The summed E-state index contributed by atoms with van der Waals surface area (Å²) in [5, 5.41) is 0. The topological polar surface area (TPSA) is 65.2 Å². The van der Waals surface area contributed by atoms with Crippen molar-refractivity contribution >= 4 is 21.8 Å². The van der Waals surface area contributed by atoms with Crippen molar-refractivity contribution in [3.8, 4) is 11.6 Å². The van der Waals surface area contributed by atoms with Crippen molar-refractivity contribution < 1.29 is 9.53 Å². The van der Waals surface area contributed by atoms with E-state index < -0.39 is 5.91 Å². The second-order valence-electron chi connectivity index (χ2n) is 5.18. The molecule has 2 N–H and O–H groups in total. The normalized spacial score (nSPS) is 13.0. The molecule has 0 saturated carbocycles. The Labute approximate surface area is 131 Å². The number of halogens is 1. The lowest BCUT2D eigenvalue weighted by molar-refractivity contribution is 0.0997. The number of amides is 1. The monoisotopic (exact) mass is 346 g/mol. The van der Waals surface area contributed by atoms with Gasteiger partial charge in [-0.15, -0.1) is 0 Å². The van der Waals surface area contributed by atoms with Gasteiger partial charge in [0.05, 0.1) is 0 Å². The van der Waals surface area contributed by atoms with Crippen molar-refractivity contribution in [2.45, 2.75) is 26.2 Å². The molecule has 1 aliphatic rings. The van der Waals surface area contributed by atoms with E-state index in [2.05, 4.69) is 20.9 Å². The first kappa shape index (κ1) is 14.1. The first-order valence-electron chi connectivity index (χ1n) is 6.81. The summed E-state index contributed by atoms with van der Waals surface area (Å²) in [7, 11) is 0. The number of pyridine rings is 1. The molecule has 0 unspecified atom stereocenters. The van der Waals surface area contributed by atoms with Crippen LogP contribution >= 0.6 is 15.9 Å². The van der Waals surface area contributed by atoms with Crippen molar-refractivity contribution in [2.75, 3.05) is 0 Å². The van der Waals surface area contributed by atoms with Gasteiger partial charge in [-0.1, -0.05) is 22.0 Å². The van der Waals surface area contributed by atoms with Crippen LogP contribution in [0.5, 0.6) is 11.6 Å². The van der Waals surface area contributed by atoms with E-state index in [9.17, 15) is 4.79 Å². The zero-order chi connectivity index (χ0) is 15.0. The smallest absolute Gasteiger partial charge is 0.254 e. The average molecular weight is 347 g/mol. The number of nitrogens with two attached hydrogens (primary N) is 1. The van der Waals surface area contributed by atoms with Gasteiger partial charge in [-0.2, -0.15) is 0 Å². The number of hydrogen-bond donors (Lipinski definition) is 1. The Bertz CT molecular complexity index is 728. The van der Waals surface area contributed by atoms with E-state index in [1.807, 2.05) is 31.2 Å². The van der Waals surface area contributed by atoms with Crippen LogP contribution in [0.4, 0.5) is 0 Å². The molecular formula is C16H15BrN2O2. The number of benzene rings is 1. The quantitative estimate of drug-likeness (QED) is 0.924. The molecule has 0 aliphatic heterocycles. The summed E-state index contributed by atoms with van der Waals surface area (Å²) in [4.78, 5) is 16.2. The minimum Gasteiger partial charge on any atom is -0.438 e. The van der Waals surface area contributed by atoms with Crippen LogP contribution in [0, 0.1) is 6.92 Å². The number of primary amides is 1. The lowest BCUT2D eigenvalue weighted by Crippen LogP contribution is -2.14. The second-order valence-corrected chi connectivity index (χ2v) is 6.09. The van der Waals surface area contributed by atoms with Crippen LogP contribution in [-0.4, -0.2) is 10.9 Å². The van der Waals surface area contributed by atoms with E-state index in [0.717, 1.165) is 40.6 Å². The predicted molar refractivity (Wildman–Crippen MR) is 83.7 cm³/mol. The molecule has 1 aromatic carbocycles. The molecule has 5 heteroatoms. The Balaban J connectivity index is 2.05. The standard InChI is InChI=1S/C16H15BrN2O2/c1-9-5-6-11(17)8-14(9)21-16-12(15(18)20)7-10-3-2-4-13(10)19-16/h5-8H,2-4H2,1H3,(H2,18,20). The van der Waals surface area contributed by atoms with Crippen LogP contribution in [-0.2, 0) is 12.8 Å². The number of carbonyl (C=O) groups is 1. The Morgan fingerprint density at radius 3 is 2.90 bits per heavy atom. The van der Waals surface area contributed by atoms with Crippen LogP contribution in [0.15, 0.2) is 28.7 Å². The van der Waals surface area contributed by atoms with Gasteiger partial charge in [-0.3, -0.25) is 4.79 Å². The number of carbonyl (C=O) groups excluding carboxylic acids is 1. The van der Waals surface area contributed by atoms with E-state index in [0.29, 0.717) is 17.2 Å². The largest absolute Gasteiger partial charge is 0.438 e. The fourth-order valence-electron chi connectivity index (χ4n) is 2.50. The summed E-state index contributed by atoms with van der Waals surface area (Å²) in [5.41, 5.74) is 8.87. The molecule has 3 rings (SSSR count). The summed E-state index contributed by atoms with van der Waals surface area (Å²) in [6, 6.07) is 7.55. The number of aromatic nitrogens is 1. The highest BCUT2D eigenvalue weighted by Gasteiger charge is 2.20. The number of fused-ring (bicyclic) bond motifs is 1. The summed E-state index contributed by atoms with van der Waals surface area (Å²) in [6.45, 7) is 1.94. The predicted octanol–water partition coefficient (Wildman–Crippen LogP) is 3.53. The van der Waals surface area contributed by atoms with E-state index in [1.54, 1.807) is 0 Å². The molecule has 1 amide bonds. The van der Waals surface area contributed by atoms with Gasteiger partial charge < -0.3 is 10.5 Å². The highest BCUT2D eigenvalue weighted by Crippen LogP contribution is 2.32. The van der Waals surface area contributed by atoms with Crippen LogP contribution in [0.2, 0.25) is 0 Å². The molecule has 108 valence electrons. The first-order valence-corrected chi connectivity index (χ1v) is 7.60. The SMILES string of the molecule is Cc1ccc(Br)cc1Oc1nc2c(cc1C(N)=O)CCC2. The fraction of sp³-hybridized carbons (Fsp3) is 0.250. The molecule has 0 saturated heterocycles. The van der Waals surface area contributed by atoms with Crippen molar-refractivity contribution in [3.63, 3.8) is 0 Å². The van der Waals surface area contributed by atoms with E-state index in [4.69, 9.17) is 10.5 Å². The van der Waals surface area contributed by atoms with Crippen LogP contribution in [0.25, 0.3) is 0 Å². The maximum Gasteiger partial charge on any atom is 0.254 e. The number of aryl methyl sites for hydroxylation is 3. The molecular weight excluding hydrogens is 332 g/mol. The van der Waals surface area contributed by atoms with Gasteiger partial charge in [0.1, 0.15) is 11.3 Å². The average Bonchev–Trinajstić information content (AvgIpc) is 2.89. The Hall–Kier alpha value is -1.88. The van der Waals surface area contributed by atoms with E-state index >= 15 is 0 Å². The molecule has 0 fully saturated rings. The van der Waals surface area contributed by atoms with Crippen LogP contribution < -0.4 is 10.5 Å². The lowest BCUT2D eigenvalue weighted by Gasteiger charge is -2.12. The maximum atomic E-state index is 11.7. The van der Waals surface area contributed by atoms with Crippen molar-refractivity contribution in [2.24, 2.45) is 5.73 Å². The third-order valence-electron chi connectivity index (χ3n) is 3.64. The lowest BCUT2D eigenvalue weighted by atomic mass is 10.1. The van der Waals surface area contributed by atoms with Gasteiger partial charge in [0.2, 0.25) is 5.88 Å². The molecule has 0 bridgehead atoms. The zero-order valence-electron chi connectivity index (χ0n) is 11.6. The molecule has 1 heterocycles. The van der Waals surface area contributed by atoms with E-state index in [-0.39, 0.29) is 0 Å². The van der Waals surface area contributed by atoms with Gasteiger partial charge in [0.15, 0.2) is 0 Å². The summed E-state index contributed by atoms with van der Waals surface area (Å²) >= 11 is 3.41. The van der Waals surface area contributed by atoms with Crippen molar-refractivity contribution in [3.05, 3.63) is 51.1 Å². The van der Waals surface area contributed by atoms with Crippen molar-refractivity contribution in [1.29, 1.82) is 0 Å². The second kappa shape index (κ2) is 5.48.